The van der Waals surface area contributed by atoms with E-state index in [1.54, 1.807) is 0 Å². The molecular formula is CH5FLi2O3. The number of hydrogen-bond acceptors (Lipinski definition) is 1. The summed E-state index contributed by atoms with van der Waals surface area (Å²) in [5.74, 6) is 0. The van der Waals surface area contributed by atoms with E-state index in [0.717, 1.165) is 0 Å². The van der Waals surface area contributed by atoms with Crippen molar-refractivity contribution in [3.05, 3.63) is 0 Å². The van der Waals surface area contributed by atoms with Crippen LogP contribution in [0.1, 0.15) is 0 Å². The Hall–Kier alpha value is 0.395. The zero-order chi connectivity index (χ0) is 3.58. The van der Waals surface area contributed by atoms with E-state index in [-0.39, 0.29) is 42.4 Å². The molecule has 0 radical (unpaired) electrons. The van der Waals surface area contributed by atoms with Gasteiger partial charge in [0.05, 0.1) is 0 Å². The number of halogens is 1. The molecule has 0 aromatic rings. The molecule has 0 aliphatic rings. The summed E-state index contributed by atoms with van der Waals surface area (Å²) in [6.45, 7) is 0. The van der Waals surface area contributed by atoms with Crippen LogP contribution < -0.4 is 0 Å². The topological polar surface area (TPSA) is 57.5 Å². The van der Waals surface area contributed by atoms with Gasteiger partial charge in [-0.2, -0.15) is 0 Å². The van der Waals surface area contributed by atoms with E-state index >= 15 is 0 Å². The number of carboxylic acid groups (broad SMARTS) is 2. The Bertz CT molecular complexity index is 35.9. The van der Waals surface area contributed by atoms with Crippen molar-refractivity contribution in [2.45, 2.75) is 0 Å². The van der Waals surface area contributed by atoms with Crippen LogP contribution in [-0.4, -0.2) is 54.1 Å². The van der Waals surface area contributed by atoms with Crippen LogP contribution in [0.4, 0.5) is 9.50 Å². The van der Waals surface area contributed by atoms with Crippen molar-refractivity contribution >= 4 is 43.9 Å². The van der Waals surface area contributed by atoms with Gasteiger partial charge in [-0.3, -0.25) is 4.70 Å². The molecule has 0 bridgehead atoms. The van der Waals surface area contributed by atoms with Gasteiger partial charge in [0.15, 0.2) is 0 Å². The summed E-state index contributed by atoms with van der Waals surface area (Å²) >= 11 is 0. The van der Waals surface area contributed by atoms with Gasteiger partial charge in [0.2, 0.25) is 0 Å². The summed E-state index contributed by atoms with van der Waals surface area (Å²) in [5.41, 5.74) is 0. The normalized spacial score (nSPS) is 3.43. The molecule has 0 heterocycles. The first-order valence-corrected chi connectivity index (χ1v) is 0.651. The van der Waals surface area contributed by atoms with E-state index in [0.29, 0.717) is 0 Å². The minimum atomic E-state index is -1.83. The second-order valence-electron chi connectivity index (χ2n) is 0.283. The van der Waals surface area contributed by atoms with Gasteiger partial charge in [-0.1, -0.05) is 0 Å². The van der Waals surface area contributed by atoms with Gasteiger partial charge in [0.1, 0.15) is 0 Å². The van der Waals surface area contributed by atoms with Crippen molar-refractivity contribution in [3.63, 3.8) is 0 Å². The molecule has 0 aliphatic carbocycles. The van der Waals surface area contributed by atoms with Gasteiger partial charge in [0.25, 0.3) is 0 Å². The zero-order valence-corrected chi connectivity index (χ0v) is 2.21. The van der Waals surface area contributed by atoms with Crippen LogP contribution in [0, 0.1) is 0 Å². The molecule has 0 aliphatic heterocycles. The van der Waals surface area contributed by atoms with Crippen LogP contribution in [0.15, 0.2) is 0 Å². The third-order valence-electron chi connectivity index (χ3n) is 0. The molecule has 0 aromatic carbocycles. The molecule has 0 saturated heterocycles. The third kappa shape index (κ3) is 792. The number of hydrogen-bond donors (Lipinski definition) is 2. The first-order chi connectivity index (χ1) is 1.73. The molecule has 0 aromatic heterocycles. The van der Waals surface area contributed by atoms with Crippen molar-refractivity contribution < 1.29 is 19.7 Å². The average molecular weight is 97.9 g/mol. The van der Waals surface area contributed by atoms with E-state index in [9.17, 15) is 0 Å². The fourth-order valence-electron chi connectivity index (χ4n) is 0. The van der Waals surface area contributed by atoms with Gasteiger partial charge in [-0.25, -0.2) is 4.79 Å². The van der Waals surface area contributed by atoms with E-state index in [1.807, 2.05) is 0 Å². The molecule has 0 fully saturated rings. The number of carbonyl (C=O) groups is 1. The molecule has 2 N–H and O–H groups in total. The first kappa shape index (κ1) is 26.2. The third-order valence-corrected chi connectivity index (χ3v) is 0. The predicted molar refractivity (Wildman–Crippen MR) is 27.5 cm³/mol. The van der Waals surface area contributed by atoms with E-state index in [1.165, 1.54) is 0 Å². The molecule has 0 unspecified atom stereocenters. The second-order valence-corrected chi connectivity index (χ2v) is 0.283. The SMILES string of the molecule is F.O=C(O)O.[LiH].[LiH]. The van der Waals surface area contributed by atoms with Crippen molar-refractivity contribution in [1.29, 1.82) is 0 Å². The van der Waals surface area contributed by atoms with Crippen LogP contribution in [0.2, 0.25) is 0 Å². The fraction of sp³-hybridized carbons (Fsp3) is 0. The second kappa shape index (κ2) is 16.1. The summed E-state index contributed by atoms with van der Waals surface area (Å²) in [6.07, 6.45) is -1.83. The van der Waals surface area contributed by atoms with Gasteiger partial charge < -0.3 is 10.2 Å². The molecular weight excluding hydrogens is 92.9 g/mol. The molecule has 6 heteroatoms. The van der Waals surface area contributed by atoms with E-state index < -0.39 is 6.16 Å². The molecule has 0 spiro atoms. The predicted octanol–water partition coefficient (Wildman–Crippen LogP) is -0.922. The van der Waals surface area contributed by atoms with Gasteiger partial charge in [0, 0.05) is 0 Å². The molecule has 0 atom stereocenters. The van der Waals surface area contributed by atoms with Gasteiger partial charge >= 0.3 is 43.9 Å². The molecule has 0 amide bonds. The fourth-order valence-corrected chi connectivity index (χ4v) is 0. The summed E-state index contributed by atoms with van der Waals surface area (Å²) in [4.78, 5) is 8.56. The Kier molecular flexibility index (Phi) is 60.5. The molecule has 0 saturated carbocycles. The monoisotopic (exact) mass is 98.1 g/mol. The van der Waals surface area contributed by atoms with Crippen molar-refractivity contribution in [3.8, 4) is 0 Å². The molecule has 0 rings (SSSR count). The number of rotatable bonds is 0. The molecule has 7 heavy (non-hydrogen) atoms. The van der Waals surface area contributed by atoms with Gasteiger partial charge in [-0.15, -0.1) is 0 Å². The Labute approximate surface area is 63.8 Å². The van der Waals surface area contributed by atoms with Crippen molar-refractivity contribution in [2.24, 2.45) is 0 Å². The summed E-state index contributed by atoms with van der Waals surface area (Å²) in [6, 6.07) is 0. The zero-order valence-electron chi connectivity index (χ0n) is 2.21. The Morgan fingerprint density at radius 2 is 1.14 bits per heavy atom. The summed E-state index contributed by atoms with van der Waals surface area (Å²) in [5, 5.41) is 13.9. The van der Waals surface area contributed by atoms with Crippen molar-refractivity contribution in [2.75, 3.05) is 0 Å². The maximum absolute atomic E-state index is 8.56. The van der Waals surface area contributed by atoms with E-state index in [2.05, 4.69) is 0 Å². The Morgan fingerprint density at radius 1 is 1.14 bits per heavy atom. The average Bonchev–Trinajstić information content (AvgIpc) is 0.811. The van der Waals surface area contributed by atoms with Crippen LogP contribution in [0.25, 0.3) is 0 Å². The quantitative estimate of drug-likeness (QED) is 0.385. The Morgan fingerprint density at radius 3 is 1.14 bits per heavy atom. The molecule has 3 nitrogen and oxygen atoms in total. The van der Waals surface area contributed by atoms with E-state index in [4.69, 9.17) is 15.0 Å². The maximum atomic E-state index is 8.56. The van der Waals surface area contributed by atoms with Crippen LogP contribution in [0.5, 0.6) is 0 Å². The van der Waals surface area contributed by atoms with Crippen LogP contribution in [0.3, 0.4) is 0 Å². The van der Waals surface area contributed by atoms with Gasteiger partial charge in [-0.05, 0) is 0 Å². The standard InChI is InChI=1S/CH2O3.FH.2Li.2H/c2-1(3)4;;;;;/h(H2,2,3,4);1H;;;;. The molecule has 36 valence electrons. The van der Waals surface area contributed by atoms with Crippen LogP contribution in [-0.2, 0) is 0 Å². The first-order valence-electron chi connectivity index (χ1n) is 0.651. The summed E-state index contributed by atoms with van der Waals surface area (Å²) in [7, 11) is 0. The Balaban J connectivity index is -0.0000000150. The summed E-state index contributed by atoms with van der Waals surface area (Å²) < 4.78 is 0. The van der Waals surface area contributed by atoms with Crippen LogP contribution >= 0.6 is 0 Å². The minimum absolute atomic E-state index is 0. The van der Waals surface area contributed by atoms with Crippen molar-refractivity contribution in [1.82, 2.24) is 0 Å².